The molecule has 1 aromatic rings. The molecule has 0 saturated carbocycles. The lowest BCUT2D eigenvalue weighted by Gasteiger charge is -2.11. The predicted octanol–water partition coefficient (Wildman–Crippen LogP) is 2.29. The number of aliphatic carboxylic acids is 1. The van der Waals surface area contributed by atoms with Crippen LogP contribution in [0, 0.1) is 17.2 Å². The number of nitrogens with zero attached hydrogens (tertiary/aromatic N) is 3. The number of rotatable bonds is 6. The Bertz CT molecular complexity index is 511. The largest absolute Gasteiger partial charge is 0.481 e. The molecule has 0 aliphatic heterocycles. The average molecular weight is 279 g/mol. The highest BCUT2D eigenvalue weighted by atomic mass is 32.2. The van der Waals surface area contributed by atoms with Crippen molar-refractivity contribution in [2.75, 3.05) is 5.75 Å². The second-order valence-corrected chi connectivity index (χ2v) is 5.18. The summed E-state index contributed by atoms with van der Waals surface area (Å²) in [7, 11) is 0. The molecule has 6 heteroatoms. The van der Waals surface area contributed by atoms with Crippen molar-refractivity contribution in [1.82, 2.24) is 10.2 Å². The van der Waals surface area contributed by atoms with E-state index in [0.717, 1.165) is 24.1 Å². The molecule has 1 aromatic heterocycles. The first-order chi connectivity index (χ1) is 9.04. The van der Waals surface area contributed by atoms with Crippen molar-refractivity contribution in [3.8, 4) is 6.07 Å². The van der Waals surface area contributed by atoms with Gasteiger partial charge in [-0.3, -0.25) is 4.79 Å². The van der Waals surface area contributed by atoms with Gasteiger partial charge >= 0.3 is 5.97 Å². The molecular formula is C13H17N3O2S. The van der Waals surface area contributed by atoms with E-state index in [1.54, 1.807) is 6.92 Å². The number of aromatic nitrogens is 2. The molecule has 5 nitrogen and oxygen atoms in total. The average Bonchev–Trinajstić information content (AvgIpc) is 2.42. The molecule has 0 aliphatic carbocycles. The van der Waals surface area contributed by atoms with Gasteiger partial charge in [-0.05, 0) is 18.4 Å². The molecule has 0 aliphatic rings. The maximum absolute atomic E-state index is 10.8. The zero-order chi connectivity index (χ0) is 14.4. The van der Waals surface area contributed by atoms with Crippen LogP contribution in [-0.4, -0.2) is 27.0 Å². The third-order valence-corrected chi connectivity index (χ3v) is 4.04. The van der Waals surface area contributed by atoms with Crippen LogP contribution >= 0.6 is 11.8 Å². The van der Waals surface area contributed by atoms with E-state index < -0.39 is 11.9 Å². The van der Waals surface area contributed by atoms with Gasteiger partial charge in [-0.15, -0.1) is 16.9 Å². The summed E-state index contributed by atoms with van der Waals surface area (Å²) in [6.07, 6.45) is 1.46. The van der Waals surface area contributed by atoms with Crippen molar-refractivity contribution >= 4 is 17.7 Å². The van der Waals surface area contributed by atoms with Gasteiger partial charge in [-0.25, -0.2) is 0 Å². The van der Waals surface area contributed by atoms with Crippen LogP contribution in [0.4, 0.5) is 0 Å². The minimum atomic E-state index is -0.847. The summed E-state index contributed by atoms with van der Waals surface area (Å²) in [6, 6.07) is 2.17. The first-order valence-corrected chi connectivity index (χ1v) is 7.17. The van der Waals surface area contributed by atoms with Gasteiger partial charge in [0.25, 0.3) is 0 Å². The normalized spacial score (nSPS) is 11.9. The molecule has 0 fully saturated rings. The van der Waals surface area contributed by atoms with Gasteiger partial charge in [0.15, 0.2) is 0 Å². The monoisotopic (exact) mass is 279 g/mol. The van der Waals surface area contributed by atoms with Crippen LogP contribution in [0.5, 0.6) is 0 Å². The van der Waals surface area contributed by atoms with Crippen molar-refractivity contribution in [1.29, 1.82) is 5.26 Å². The number of carboxylic acids is 1. The summed E-state index contributed by atoms with van der Waals surface area (Å²) < 4.78 is 0. The lowest BCUT2D eigenvalue weighted by atomic mass is 10.1. The third kappa shape index (κ3) is 3.67. The van der Waals surface area contributed by atoms with E-state index in [1.165, 1.54) is 11.8 Å². The Morgan fingerprint density at radius 3 is 2.58 bits per heavy atom. The second-order valence-electron chi connectivity index (χ2n) is 4.17. The molecule has 1 unspecified atom stereocenters. The maximum atomic E-state index is 10.8. The Morgan fingerprint density at radius 2 is 2.11 bits per heavy atom. The lowest BCUT2D eigenvalue weighted by Crippen LogP contribution is -2.12. The molecule has 0 radical (unpaired) electrons. The number of aryl methyl sites for hydroxylation is 1. The fourth-order valence-corrected chi connectivity index (χ4v) is 2.61. The summed E-state index contributed by atoms with van der Waals surface area (Å²) >= 11 is 1.28. The Hall–Kier alpha value is -1.61. The third-order valence-electron chi connectivity index (χ3n) is 2.82. The first-order valence-electron chi connectivity index (χ1n) is 6.19. The zero-order valence-electron chi connectivity index (χ0n) is 11.3. The number of thioether (sulfide) groups is 1. The van der Waals surface area contributed by atoms with E-state index in [2.05, 4.69) is 16.3 Å². The number of hydrogen-bond donors (Lipinski definition) is 1. The van der Waals surface area contributed by atoms with Gasteiger partial charge in [-0.1, -0.05) is 20.8 Å². The van der Waals surface area contributed by atoms with Crippen LogP contribution in [0.2, 0.25) is 0 Å². The SMILES string of the molecule is CCc1nnc(SCC(C)C(=O)O)c(C#N)c1CC. The van der Waals surface area contributed by atoms with E-state index in [0.29, 0.717) is 16.3 Å². The Labute approximate surface area is 117 Å². The fourth-order valence-electron chi connectivity index (χ4n) is 1.65. The molecule has 0 saturated heterocycles. The summed E-state index contributed by atoms with van der Waals surface area (Å²) in [4.78, 5) is 10.8. The quantitative estimate of drug-likeness (QED) is 0.804. The Balaban J connectivity index is 3.02. The van der Waals surface area contributed by atoms with Gasteiger partial charge in [0, 0.05) is 5.75 Å². The number of hydrogen-bond acceptors (Lipinski definition) is 5. The summed E-state index contributed by atoms with van der Waals surface area (Å²) in [5.41, 5.74) is 2.30. The van der Waals surface area contributed by atoms with E-state index in [-0.39, 0.29) is 0 Å². The van der Waals surface area contributed by atoms with Crippen LogP contribution in [0.15, 0.2) is 5.03 Å². The van der Waals surface area contributed by atoms with Crippen molar-refractivity contribution in [3.63, 3.8) is 0 Å². The fraction of sp³-hybridized carbons (Fsp3) is 0.538. The maximum Gasteiger partial charge on any atom is 0.307 e. The highest BCUT2D eigenvalue weighted by molar-refractivity contribution is 7.99. The zero-order valence-corrected chi connectivity index (χ0v) is 12.1. The van der Waals surface area contributed by atoms with Gasteiger partial charge < -0.3 is 5.11 Å². The molecule has 1 atom stereocenters. The van der Waals surface area contributed by atoms with E-state index in [1.807, 2.05) is 13.8 Å². The predicted molar refractivity (Wildman–Crippen MR) is 73.0 cm³/mol. The van der Waals surface area contributed by atoms with Crippen LogP contribution < -0.4 is 0 Å². The minimum absolute atomic E-state index is 0.382. The van der Waals surface area contributed by atoms with E-state index in [9.17, 15) is 10.1 Å². The summed E-state index contributed by atoms with van der Waals surface area (Å²) in [5, 5.41) is 26.9. The Kier molecular flexibility index (Phi) is 5.77. The summed E-state index contributed by atoms with van der Waals surface area (Å²) in [5.74, 6) is -0.943. The van der Waals surface area contributed by atoms with Gasteiger partial charge in [0.05, 0.1) is 17.2 Å². The topological polar surface area (TPSA) is 86.9 Å². The number of carboxylic acid groups (broad SMARTS) is 1. The Morgan fingerprint density at radius 1 is 1.42 bits per heavy atom. The molecule has 102 valence electrons. The van der Waals surface area contributed by atoms with Gasteiger partial charge in [0.2, 0.25) is 0 Å². The standard InChI is InChI=1S/C13H17N3O2S/c1-4-9-10(6-14)12(16-15-11(9)5-2)19-7-8(3)13(17)18/h8H,4-5,7H2,1-3H3,(H,17,18). The van der Waals surface area contributed by atoms with Crippen LogP contribution in [0.1, 0.15) is 37.6 Å². The smallest absolute Gasteiger partial charge is 0.307 e. The molecule has 0 aromatic carbocycles. The molecular weight excluding hydrogens is 262 g/mol. The number of nitriles is 1. The lowest BCUT2D eigenvalue weighted by molar-refractivity contribution is -0.140. The van der Waals surface area contributed by atoms with Crippen molar-refractivity contribution < 1.29 is 9.90 Å². The van der Waals surface area contributed by atoms with E-state index >= 15 is 0 Å². The van der Waals surface area contributed by atoms with E-state index in [4.69, 9.17) is 5.11 Å². The second kappa shape index (κ2) is 7.10. The van der Waals surface area contributed by atoms with Crippen LogP contribution in [0.25, 0.3) is 0 Å². The molecule has 1 rings (SSSR count). The number of carbonyl (C=O) groups is 1. The minimum Gasteiger partial charge on any atom is -0.481 e. The van der Waals surface area contributed by atoms with Crippen LogP contribution in [0.3, 0.4) is 0 Å². The van der Waals surface area contributed by atoms with Crippen LogP contribution in [-0.2, 0) is 17.6 Å². The van der Waals surface area contributed by atoms with Gasteiger partial charge in [-0.2, -0.15) is 10.4 Å². The molecule has 0 spiro atoms. The molecule has 19 heavy (non-hydrogen) atoms. The molecule has 1 heterocycles. The van der Waals surface area contributed by atoms with Gasteiger partial charge in [0.1, 0.15) is 11.1 Å². The molecule has 0 amide bonds. The highest BCUT2D eigenvalue weighted by Crippen LogP contribution is 2.26. The molecule has 1 N–H and O–H groups in total. The molecule has 0 bridgehead atoms. The van der Waals surface area contributed by atoms with Crippen molar-refractivity contribution in [2.45, 2.75) is 38.6 Å². The highest BCUT2D eigenvalue weighted by Gasteiger charge is 2.17. The van der Waals surface area contributed by atoms with Crippen molar-refractivity contribution in [2.24, 2.45) is 5.92 Å². The first kappa shape index (κ1) is 15.4. The summed E-state index contributed by atoms with van der Waals surface area (Å²) in [6.45, 7) is 5.59. The van der Waals surface area contributed by atoms with Crippen molar-refractivity contribution in [3.05, 3.63) is 16.8 Å².